The predicted octanol–water partition coefficient (Wildman–Crippen LogP) is 4.99. The Kier molecular flexibility index (Phi) is 6.54. The number of nitrogens with zero attached hydrogens (tertiary/aromatic N) is 3. The van der Waals surface area contributed by atoms with Crippen molar-refractivity contribution in [1.82, 2.24) is 14.8 Å². The molecule has 162 valence electrons. The third-order valence-corrected chi connectivity index (χ3v) is 6.65. The Morgan fingerprint density at radius 2 is 1.58 bits per heavy atom. The number of carbonyl (C=O) groups is 1. The van der Waals surface area contributed by atoms with Gasteiger partial charge in [-0.05, 0) is 16.7 Å². The zero-order valence-corrected chi connectivity index (χ0v) is 19.5. The van der Waals surface area contributed by atoms with E-state index in [4.69, 9.17) is 4.98 Å². The van der Waals surface area contributed by atoms with Crippen LogP contribution in [-0.4, -0.2) is 46.9 Å². The van der Waals surface area contributed by atoms with E-state index in [2.05, 4.69) is 67.4 Å². The molecular formula is C26H31N3OS. The van der Waals surface area contributed by atoms with E-state index in [1.807, 2.05) is 23.1 Å². The third-order valence-electron chi connectivity index (χ3n) is 5.82. The minimum atomic E-state index is 0.0964. The fourth-order valence-corrected chi connectivity index (χ4v) is 4.87. The molecule has 0 spiro atoms. The summed E-state index contributed by atoms with van der Waals surface area (Å²) in [7, 11) is 0. The van der Waals surface area contributed by atoms with Gasteiger partial charge in [0.05, 0.1) is 18.7 Å². The van der Waals surface area contributed by atoms with Gasteiger partial charge in [-0.15, -0.1) is 11.3 Å². The van der Waals surface area contributed by atoms with Gasteiger partial charge in [-0.2, -0.15) is 0 Å². The minimum absolute atomic E-state index is 0.0964. The fourth-order valence-electron chi connectivity index (χ4n) is 3.81. The maximum atomic E-state index is 12.8. The molecule has 0 atom stereocenters. The van der Waals surface area contributed by atoms with Gasteiger partial charge in [0.15, 0.2) is 0 Å². The van der Waals surface area contributed by atoms with Gasteiger partial charge in [0.25, 0.3) is 0 Å². The zero-order valence-electron chi connectivity index (χ0n) is 18.7. The molecule has 0 saturated carbocycles. The summed E-state index contributed by atoms with van der Waals surface area (Å²) in [5.41, 5.74) is 4.72. The highest BCUT2D eigenvalue weighted by Crippen LogP contribution is 2.25. The second kappa shape index (κ2) is 9.33. The molecule has 0 bridgehead atoms. The van der Waals surface area contributed by atoms with Crippen molar-refractivity contribution in [1.29, 1.82) is 0 Å². The Balaban J connectivity index is 1.27. The Hall–Kier alpha value is -2.50. The monoisotopic (exact) mass is 433 g/mol. The summed E-state index contributed by atoms with van der Waals surface area (Å²) in [6.45, 7) is 10.9. The van der Waals surface area contributed by atoms with E-state index in [0.29, 0.717) is 6.42 Å². The van der Waals surface area contributed by atoms with Crippen LogP contribution in [0.4, 0.5) is 0 Å². The highest BCUT2D eigenvalue weighted by atomic mass is 32.1. The molecule has 0 N–H and O–H groups in total. The fraction of sp³-hybridized carbons (Fsp3) is 0.385. The van der Waals surface area contributed by atoms with Crippen LogP contribution in [0.2, 0.25) is 0 Å². The van der Waals surface area contributed by atoms with Gasteiger partial charge in [0, 0.05) is 37.0 Å². The second-order valence-corrected chi connectivity index (χ2v) is 10.2. The van der Waals surface area contributed by atoms with Crippen molar-refractivity contribution in [3.05, 3.63) is 76.2 Å². The number of rotatable bonds is 5. The van der Waals surface area contributed by atoms with E-state index in [-0.39, 0.29) is 11.3 Å². The first-order chi connectivity index (χ1) is 14.9. The van der Waals surface area contributed by atoms with Crippen molar-refractivity contribution in [3.63, 3.8) is 0 Å². The highest BCUT2D eigenvalue weighted by molar-refractivity contribution is 7.09. The summed E-state index contributed by atoms with van der Waals surface area (Å²) < 4.78 is 0. The minimum Gasteiger partial charge on any atom is -0.340 e. The molecule has 0 unspecified atom stereocenters. The number of amides is 1. The Bertz CT molecular complexity index is 997. The quantitative estimate of drug-likeness (QED) is 0.568. The number of hydrogen-bond donors (Lipinski definition) is 0. The third kappa shape index (κ3) is 5.60. The van der Waals surface area contributed by atoms with Gasteiger partial charge in [-0.1, -0.05) is 75.4 Å². The summed E-state index contributed by atoms with van der Waals surface area (Å²) in [6, 6.07) is 18.7. The van der Waals surface area contributed by atoms with Gasteiger partial charge in [-0.25, -0.2) is 4.98 Å². The molecule has 1 amide bonds. The van der Waals surface area contributed by atoms with Crippen molar-refractivity contribution in [2.24, 2.45) is 0 Å². The standard InChI is InChI=1S/C26H31N3OS/c1-26(2,3)23-19-31-24(27-23)18-28-13-15-29(16-14-28)25(30)17-20-9-11-22(12-10-20)21-7-5-4-6-8-21/h4-12,19H,13-18H2,1-3H3. The number of benzene rings is 2. The van der Waals surface area contributed by atoms with Crippen LogP contribution in [0.1, 0.15) is 37.0 Å². The number of hydrogen-bond acceptors (Lipinski definition) is 4. The SMILES string of the molecule is CC(C)(C)c1csc(CN2CCN(C(=O)Cc3ccc(-c4ccccc4)cc3)CC2)n1. The van der Waals surface area contributed by atoms with E-state index in [0.717, 1.165) is 38.3 Å². The van der Waals surface area contributed by atoms with Gasteiger partial charge < -0.3 is 4.90 Å². The molecule has 5 heteroatoms. The van der Waals surface area contributed by atoms with Crippen LogP contribution in [0.5, 0.6) is 0 Å². The van der Waals surface area contributed by atoms with Crippen molar-refractivity contribution in [2.45, 2.75) is 39.2 Å². The summed E-state index contributed by atoms with van der Waals surface area (Å²) in [5, 5.41) is 3.35. The summed E-state index contributed by atoms with van der Waals surface area (Å²) in [5.74, 6) is 0.219. The molecular weight excluding hydrogens is 402 g/mol. The lowest BCUT2D eigenvalue weighted by Gasteiger charge is -2.34. The van der Waals surface area contributed by atoms with Crippen LogP contribution in [0.15, 0.2) is 60.0 Å². The van der Waals surface area contributed by atoms with Crippen molar-refractivity contribution < 1.29 is 4.79 Å². The first-order valence-electron chi connectivity index (χ1n) is 11.0. The molecule has 1 aromatic heterocycles. The molecule has 2 heterocycles. The van der Waals surface area contributed by atoms with Crippen LogP contribution in [0, 0.1) is 0 Å². The average molecular weight is 434 g/mol. The van der Waals surface area contributed by atoms with Gasteiger partial charge >= 0.3 is 0 Å². The van der Waals surface area contributed by atoms with E-state index >= 15 is 0 Å². The van der Waals surface area contributed by atoms with Gasteiger partial charge in [-0.3, -0.25) is 9.69 Å². The average Bonchev–Trinajstić information content (AvgIpc) is 3.24. The first kappa shape index (κ1) is 21.7. The molecule has 4 rings (SSSR count). The van der Waals surface area contributed by atoms with Gasteiger partial charge in [0.1, 0.15) is 5.01 Å². The molecule has 4 nitrogen and oxygen atoms in total. The molecule has 31 heavy (non-hydrogen) atoms. The van der Waals surface area contributed by atoms with Crippen LogP contribution in [-0.2, 0) is 23.2 Å². The van der Waals surface area contributed by atoms with Crippen molar-refractivity contribution in [3.8, 4) is 11.1 Å². The molecule has 0 radical (unpaired) electrons. The largest absolute Gasteiger partial charge is 0.340 e. The number of aromatic nitrogens is 1. The zero-order chi connectivity index (χ0) is 21.8. The van der Waals surface area contributed by atoms with Crippen LogP contribution in [0.3, 0.4) is 0 Å². The summed E-state index contributed by atoms with van der Waals surface area (Å²) in [6.07, 6.45) is 0.469. The maximum absolute atomic E-state index is 12.8. The Morgan fingerprint density at radius 1 is 0.935 bits per heavy atom. The van der Waals surface area contributed by atoms with Crippen LogP contribution < -0.4 is 0 Å². The lowest BCUT2D eigenvalue weighted by Crippen LogP contribution is -2.48. The van der Waals surface area contributed by atoms with Gasteiger partial charge in [0.2, 0.25) is 5.91 Å². The van der Waals surface area contributed by atoms with Crippen LogP contribution in [0.25, 0.3) is 11.1 Å². The van der Waals surface area contributed by atoms with E-state index in [1.165, 1.54) is 21.8 Å². The summed E-state index contributed by atoms with van der Waals surface area (Å²) in [4.78, 5) is 22.0. The summed E-state index contributed by atoms with van der Waals surface area (Å²) >= 11 is 1.75. The van der Waals surface area contributed by atoms with Crippen LogP contribution >= 0.6 is 11.3 Å². The lowest BCUT2D eigenvalue weighted by atomic mass is 9.93. The van der Waals surface area contributed by atoms with E-state index in [1.54, 1.807) is 11.3 Å². The maximum Gasteiger partial charge on any atom is 0.227 e. The molecule has 2 aromatic carbocycles. The topological polar surface area (TPSA) is 36.4 Å². The van der Waals surface area contributed by atoms with Crippen molar-refractivity contribution in [2.75, 3.05) is 26.2 Å². The molecule has 3 aromatic rings. The smallest absolute Gasteiger partial charge is 0.227 e. The number of piperazine rings is 1. The van der Waals surface area contributed by atoms with E-state index < -0.39 is 0 Å². The van der Waals surface area contributed by atoms with Crippen molar-refractivity contribution >= 4 is 17.2 Å². The molecule has 1 aliphatic heterocycles. The highest BCUT2D eigenvalue weighted by Gasteiger charge is 2.23. The first-order valence-corrected chi connectivity index (χ1v) is 11.9. The lowest BCUT2D eigenvalue weighted by molar-refractivity contribution is -0.132. The Morgan fingerprint density at radius 3 is 2.19 bits per heavy atom. The second-order valence-electron chi connectivity index (χ2n) is 9.27. The normalized spacial score (nSPS) is 15.3. The number of thiazole rings is 1. The Labute approximate surface area is 189 Å². The molecule has 1 fully saturated rings. The predicted molar refractivity (Wildman–Crippen MR) is 128 cm³/mol. The number of carbonyl (C=O) groups excluding carboxylic acids is 1. The van der Waals surface area contributed by atoms with E-state index in [9.17, 15) is 4.79 Å². The molecule has 0 aliphatic carbocycles. The molecule has 1 saturated heterocycles. The molecule has 1 aliphatic rings.